The Morgan fingerprint density at radius 3 is 2.79 bits per heavy atom. The first-order valence-corrected chi connectivity index (χ1v) is 12.8. The Hall–Kier alpha value is -3.44. The largest absolute Gasteiger partial charge is 0.382 e. The minimum absolute atomic E-state index is 0.0859. The molecular weight excluding hydrogens is 514 g/mol. The first-order valence-electron chi connectivity index (χ1n) is 12.8. The number of amides is 2. The number of carbonyl (C=O) groups is 1. The van der Waals surface area contributed by atoms with E-state index in [4.69, 9.17) is 18.9 Å². The van der Waals surface area contributed by atoms with Gasteiger partial charge in [-0.15, -0.1) is 0 Å². The van der Waals surface area contributed by atoms with Gasteiger partial charge in [-0.25, -0.2) is 23.5 Å². The van der Waals surface area contributed by atoms with Crippen molar-refractivity contribution in [2.45, 2.75) is 51.1 Å². The highest BCUT2D eigenvalue weighted by molar-refractivity contribution is 6.01. The minimum Gasteiger partial charge on any atom is -0.382 e. The van der Waals surface area contributed by atoms with Crippen molar-refractivity contribution in [2.75, 3.05) is 56.1 Å². The van der Waals surface area contributed by atoms with Gasteiger partial charge in [-0.1, -0.05) is 0 Å². The summed E-state index contributed by atoms with van der Waals surface area (Å²) >= 11 is 0. The molecule has 1 unspecified atom stereocenters. The van der Waals surface area contributed by atoms with E-state index in [0.29, 0.717) is 56.0 Å². The molecular formula is C26H32F2N6O5. The molecule has 0 radical (unpaired) electrons. The van der Waals surface area contributed by atoms with Gasteiger partial charge in [0.15, 0.2) is 6.29 Å². The summed E-state index contributed by atoms with van der Waals surface area (Å²) < 4.78 is 49.2. The van der Waals surface area contributed by atoms with E-state index in [-0.39, 0.29) is 29.2 Å². The molecule has 2 aromatic heterocycles. The van der Waals surface area contributed by atoms with Crippen molar-refractivity contribution in [3.05, 3.63) is 40.7 Å². The first-order chi connectivity index (χ1) is 18.9. The number of urea groups is 1. The number of alkyl halides is 2. The molecule has 13 heteroatoms. The second kappa shape index (κ2) is 13.6. The number of fused-ring (bicyclic) bond motifs is 1. The number of hydrogen-bond donors (Lipinski definition) is 2. The summed E-state index contributed by atoms with van der Waals surface area (Å²) in [5, 5.41) is 15.3. The van der Waals surface area contributed by atoms with E-state index in [0.717, 1.165) is 19.3 Å². The van der Waals surface area contributed by atoms with E-state index in [1.807, 2.05) is 0 Å². The SMILES string of the molecule is COC(OC)c1nc2c(cc1C(F)F)CCCN2C(=O)Nc1cc(NCCOC2CCCCO2)c(C#N)cn1. The van der Waals surface area contributed by atoms with E-state index in [1.54, 1.807) is 6.07 Å². The van der Waals surface area contributed by atoms with Gasteiger partial charge >= 0.3 is 6.03 Å². The second-order valence-corrected chi connectivity index (χ2v) is 9.06. The minimum atomic E-state index is -2.79. The third kappa shape index (κ3) is 6.96. The Kier molecular flexibility index (Phi) is 9.94. The monoisotopic (exact) mass is 546 g/mol. The highest BCUT2D eigenvalue weighted by Gasteiger charge is 2.30. The lowest BCUT2D eigenvalue weighted by atomic mass is 10.0. The summed E-state index contributed by atoms with van der Waals surface area (Å²) in [6.45, 7) is 1.81. The molecule has 2 aliphatic rings. The Morgan fingerprint density at radius 2 is 2.10 bits per heavy atom. The molecule has 2 amide bonds. The van der Waals surface area contributed by atoms with Gasteiger partial charge in [0.2, 0.25) is 6.29 Å². The van der Waals surface area contributed by atoms with E-state index in [9.17, 15) is 18.8 Å². The van der Waals surface area contributed by atoms with Crippen molar-refractivity contribution >= 4 is 23.4 Å². The lowest BCUT2D eigenvalue weighted by Gasteiger charge is -2.30. The molecule has 4 rings (SSSR count). The summed E-state index contributed by atoms with van der Waals surface area (Å²) in [5.41, 5.74) is 0.935. The Balaban J connectivity index is 1.48. The zero-order valence-corrected chi connectivity index (χ0v) is 21.9. The number of pyridine rings is 2. The average Bonchev–Trinajstić information content (AvgIpc) is 2.96. The van der Waals surface area contributed by atoms with Crippen molar-refractivity contribution < 1.29 is 32.5 Å². The van der Waals surface area contributed by atoms with E-state index in [2.05, 4.69) is 26.7 Å². The van der Waals surface area contributed by atoms with Crippen molar-refractivity contribution in [3.63, 3.8) is 0 Å². The highest BCUT2D eigenvalue weighted by Crippen LogP contribution is 2.35. The van der Waals surface area contributed by atoms with Crippen molar-refractivity contribution in [3.8, 4) is 6.07 Å². The molecule has 2 aliphatic heterocycles. The molecule has 1 fully saturated rings. The van der Waals surface area contributed by atoms with Crippen LogP contribution >= 0.6 is 0 Å². The molecule has 0 aliphatic carbocycles. The molecule has 1 atom stereocenters. The summed E-state index contributed by atoms with van der Waals surface area (Å²) in [7, 11) is 2.65. The van der Waals surface area contributed by atoms with Crippen LogP contribution in [0.2, 0.25) is 0 Å². The molecule has 4 heterocycles. The maximum Gasteiger partial charge on any atom is 0.328 e. The number of hydrogen-bond acceptors (Lipinski definition) is 9. The molecule has 0 spiro atoms. The van der Waals surface area contributed by atoms with Crippen LogP contribution in [0.3, 0.4) is 0 Å². The number of nitrogens with one attached hydrogen (secondary N) is 2. The summed E-state index contributed by atoms with van der Waals surface area (Å²) in [6, 6.07) is 4.46. The van der Waals surface area contributed by atoms with Gasteiger partial charge in [0.25, 0.3) is 6.43 Å². The number of aryl methyl sites for hydroxylation is 1. The standard InChI is InChI=1S/C26H32F2N6O5/c1-36-25(37-2)22-18(23(27)28)12-16-6-5-9-34(24(16)33-22)26(35)32-20-13-19(17(14-29)15-31-20)30-8-11-39-21-7-3-4-10-38-21/h12-13,15,21,23,25H,3-11H2,1-2H3,(H2,30,31,32,35). The lowest BCUT2D eigenvalue weighted by molar-refractivity contribution is -0.159. The van der Waals surface area contributed by atoms with E-state index >= 15 is 0 Å². The fourth-order valence-corrected chi connectivity index (χ4v) is 4.56. The number of carbonyl (C=O) groups excluding carboxylic acids is 1. The van der Waals surface area contributed by atoms with Crippen molar-refractivity contribution in [1.29, 1.82) is 5.26 Å². The number of aromatic nitrogens is 2. The Labute approximate surface area is 225 Å². The molecule has 210 valence electrons. The predicted octanol–water partition coefficient (Wildman–Crippen LogP) is 4.52. The van der Waals surface area contributed by atoms with Gasteiger partial charge in [0.1, 0.15) is 23.4 Å². The number of halogens is 2. The quantitative estimate of drug-likeness (QED) is 0.326. The van der Waals surface area contributed by atoms with E-state index in [1.165, 1.54) is 31.4 Å². The summed E-state index contributed by atoms with van der Waals surface area (Å²) in [6.07, 6.45) is 1.25. The third-order valence-corrected chi connectivity index (χ3v) is 6.47. The third-order valence-electron chi connectivity index (χ3n) is 6.47. The zero-order valence-electron chi connectivity index (χ0n) is 21.9. The molecule has 1 saturated heterocycles. The number of nitrogens with zero attached hydrogens (tertiary/aromatic N) is 4. The van der Waals surface area contributed by atoms with Crippen LogP contribution in [0.25, 0.3) is 0 Å². The van der Waals surface area contributed by atoms with Gasteiger partial charge in [-0.3, -0.25) is 10.2 Å². The normalized spacial score (nSPS) is 17.2. The number of ether oxygens (including phenoxy) is 4. The molecule has 0 bridgehead atoms. The average molecular weight is 547 g/mol. The maximum atomic E-state index is 13.8. The van der Waals surface area contributed by atoms with Crippen LogP contribution in [-0.2, 0) is 25.4 Å². The first kappa shape index (κ1) is 28.6. The molecule has 2 N–H and O–H groups in total. The summed E-state index contributed by atoms with van der Waals surface area (Å²) in [5.74, 6) is 0.465. The van der Waals surface area contributed by atoms with Crippen LogP contribution in [0.4, 0.5) is 30.9 Å². The molecule has 2 aromatic rings. The molecule has 0 saturated carbocycles. The van der Waals surface area contributed by atoms with Gasteiger partial charge in [0, 0.05) is 51.7 Å². The molecule has 0 aromatic carbocycles. The molecule has 11 nitrogen and oxygen atoms in total. The van der Waals surface area contributed by atoms with Crippen LogP contribution in [0.15, 0.2) is 18.3 Å². The van der Waals surface area contributed by atoms with Crippen molar-refractivity contribution in [1.82, 2.24) is 9.97 Å². The predicted molar refractivity (Wildman–Crippen MR) is 138 cm³/mol. The number of methoxy groups -OCH3 is 2. The van der Waals surface area contributed by atoms with Gasteiger partial charge in [-0.2, -0.15) is 5.26 Å². The van der Waals surface area contributed by atoms with Crippen LogP contribution in [0.1, 0.15) is 60.8 Å². The second-order valence-electron chi connectivity index (χ2n) is 9.06. The Morgan fingerprint density at radius 1 is 1.28 bits per heavy atom. The van der Waals surface area contributed by atoms with Crippen LogP contribution < -0.4 is 15.5 Å². The summed E-state index contributed by atoms with van der Waals surface area (Å²) in [4.78, 5) is 23.2. The van der Waals surface area contributed by atoms with Crippen LogP contribution in [0.5, 0.6) is 0 Å². The maximum absolute atomic E-state index is 13.8. The fourth-order valence-electron chi connectivity index (χ4n) is 4.56. The topological polar surface area (TPSA) is 131 Å². The van der Waals surface area contributed by atoms with E-state index < -0.39 is 18.7 Å². The van der Waals surface area contributed by atoms with Gasteiger partial charge in [-0.05, 0) is 43.7 Å². The van der Waals surface area contributed by atoms with Gasteiger partial charge < -0.3 is 24.3 Å². The number of rotatable bonds is 10. The highest BCUT2D eigenvalue weighted by atomic mass is 19.3. The van der Waals surface area contributed by atoms with Crippen molar-refractivity contribution in [2.24, 2.45) is 0 Å². The lowest BCUT2D eigenvalue weighted by Crippen LogP contribution is -2.40. The van der Waals surface area contributed by atoms with Crippen LogP contribution in [0, 0.1) is 11.3 Å². The fraction of sp³-hybridized carbons (Fsp3) is 0.538. The number of anilines is 3. The number of nitriles is 1. The zero-order chi connectivity index (χ0) is 27.8. The smallest absolute Gasteiger partial charge is 0.328 e. The Bertz CT molecular complexity index is 1180. The molecule has 39 heavy (non-hydrogen) atoms. The van der Waals surface area contributed by atoms with Gasteiger partial charge in [0.05, 0.1) is 17.9 Å². The van der Waals surface area contributed by atoms with Crippen LogP contribution in [-0.4, -0.2) is 62.8 Å².